The number of carbonyl (C=O) groups excluding carboxylic acids is 1. The second-order valence-corrected chi connectivity index (χ2v) is 8.05. The standard InChI is InChI=1S/C19H20N4O3S/c20-14-17-8-4-5-9-18(17)27(25,26)23-12-10-22(11-13-23)19(24)21-15-16-6-2-1-3-7-16/h1-9H,10-13,15H2,(H,21,24). The number of hydrogen-bond acceptors (Lipinski definition) is 4. The van der Waals surface area contributed by atoms with Gasteiger partial charge in [-0.2, -0.15) is 9.57 Å². The van der Waals surface area contributed by atoms with Gasteiger partial charge in [-0.05, 0) is 17.7 Å². The van der Waals surface area contributed by atoms with Gasteiger partial charge < -0.3 is 10.2 Å². The van der Waals surface area contributed by atoms with Crippen molar-refractivity contribution in [1.82, 2.24) is 14.5 Å². The third kappa shape index (κ3) is 4.27. The van der Waals surface area contributed by atoms with E-state index in [1.165, 1.54) is 16.4 Å². The Bertz CT molecular complexity index is 946. The highest BCUT2D eigenvalue weighted by atomic mass is 32.2. The fraction of sp³-hybridized carbons (Fsp3) is 0.263. The summed E-state index contributed by atoms with van der Waals surface area (Å²) in [7, 11) is -3.76. The molecule has 2 amide bonds. The van der Waals surface area contributed by atoms with E-state index < -0.39 is 10.0 Å². The van der Waals surface area contributed by atoms with Gasteiger partial charge in [-0.15, -0.1) is 0 Å². The van der Waals surface area contributed by atoms with Gasteiger partial charge in [-0.3, -0.25) is 0 Å². The summed E-state index contributed by atoms with van der Waals surface area (Å²) in [5.41, 5.74) is 1.13. The number of urea groups is 1. The maximum atomic E-state index is 12.8. The summed E-state index contributed by atoms with van der Waals surface area (Å²) in [6, 6.07) is 17.4. The zero-order valence-corrected chi connectivity index (χ0v) is 15.5. The van der Waals surface area contributed by atoms with E-state index in [-0.39, 0.29) is 29.6 Å². The van der Waals surface area contributed by atoms with Crippen molar-refractivity contribution < 1.29 is 13.2 Å². The number of sulfonamides is 1. The van der Waals surface area contributed by atoms with Crippen LogP contribution in [0.3, 0.4) is 0 Å². The molecule has 0 saturated carbocycles. The molecule has 1 aliphatic rings. The van der Waals surface area contributed by atoms with Crippen LogP contribution in [0.5, 0.6) is 0 Å². The first-order valence-electron chi connectivity index (χ1n) is 8.58. The molecule has 0 spiro atoms. The molecule has 2 aromatic carbocycles. The Hall–Kier alpha value is -2.89. The fourth-order valence-corrected chi connectivity index (χ4v) is 4.50. The van der Waals surface area contributed by atoms with Crippen molar-refractivity contribution in [1.29, 1.82) is 5.26 Å². The molecule has 1 aliphatic heterocycles. The number of nitrogens with one attached hydrogen (secondary N) is 1. The molecule has 0 unspecified atom stereocenters. The maximum absolute atomic E-state index is 12.8. The molecule has 7 nitrogen and oxygen atoms in total. The topological polar surface area (TPSA) is 93.5 Å². The number of nitriles is 1. The summed E-state index contributed by atoms with van der Waals surface area (Å²) >= 11 is 0. The van der Waals surface area contributed by atoms with Gasteiger partial charge in [0.15, 0.2) is 0 Å². The minimum Gasteiger partial charge on any atom is -0.334 e. The number of amides is 2. The summed E-state index contributed by atoms with van der Waals surface area (Å²) in [6.07, 6.45) is 0. The van der Waals surface area contributed by atoms with Crippen molar-refractivity contribution in [2.24, 2.45) is 0 Å². The van der Waals surface area contributed by atoms with Crippen LogP contribution in [0.25, 0.3) is 0 Å². The fourth-order valence-electron chi connectivity index (χ4n) is 2.94. The predicted octanol–water partition coefficient (Wildman–Crippen LogP) is 1.77. The molecule has 3 rings (SSSR count). The van der Waals surface area contributed by atoms with Crippen LogP contribution in [0.2, 0.25) is 0 Å². The normalized spacial score (nSPS) is 15.1. The molecule has 0 aromatic heterocycles. The quantitative estimate of drug-likeness (QED) is 0.869. The molecule has 0 atom stereocenters. The second-order valence-electron chi connectivity index (χ2n) is 6.14. The largest absolute Gasteiger partial charge is 0.334 e. The average molecular weight is 384 g/mol. The molecule has 8 heteroatoms. The van der Waals surface area contributed by atoms with Crippen LogP contribution in [0, 0.1) is 11.3 Å². The molecule has 1 saturated heterocycles. The van der Waals surface area contributed by atoms with Gasteiger partial charge in [0.05, 0.1) is 10.5 Å². The Kier molecular flexibility index (Phi) is 5.74. The molecule has 1 heterocycles. The smallest absolute Gasteiger partial charge is 0.317 e. The van der Waals surface area contributed by atoms with Crippen LogP contribution >= 0.6 is 0 Å². The molecule has 27 heavy (non-hydrogen) atoms. The average Bonchev–Trinajstić information content (AvgIpc) is 2.72. The van der Waals surface area contributed by atoms with Gasteiger partial charge in [0, 0.05) is 32.7 Å². The number of hydrogen-bond donors (Lipinski definition) is 1. The Morgan fingerprint density at radius 2 is 1.63 bits per heavy atom. The number of nitrogens with zero attached hydrogens (tertiary/aromatic N) is 3. The van der Waals surface area contributed by atoms with E-state index in [1.54, 1.807) is 17.0 Å². The lowest BCUT2D eigenvalue weighted by Crippen LogP contribution is -2.53. The van der Waals surface area contributed by atoms with E-state index in [4.69, 9.17) is 5.26 Å². The van der Waals surface area contributed by atoms with Crippen LogP contribution < -0.4 is 5.32 Å². The van der Waals surface area contributed by atoms with E-state index in [2.05, 4.69) is 5.32 Å². The number of rotatable bonds is 4. The van der Waals surface area contributed by atoms with Gasteiger partial charge in [0.2, 0.25) is 10.0 Å². The van der Waals surface area contributed by atoms with E-state index in [9.17, 15) is 13.2 Å². The van der Waals surface area contributed by atoms with Crippen molar-refractivity contribution in [3.05, 3.63) is 65.7 Å². The van der Waals surface area contributed by atoms with Gasteiger partial charge in [-0.25, -0.2) is 13.2 Å². The highest BCUT2D eigenvalue weighted by Crippen LogP contribution is 2.21. The zero-order valence-electron chi connectivity index (χ0n) is 14.7. The van der Waals surface area contributed by atoms with Crippen LogP contribution in [0.15, 0.2) is 59.5 Å². The number of benzene rings is 2. The lowest BCUT2D eigenvalue weighted by molar-refractivity contribution is 0.172. The summed E-state index contributed by atoms with van der Waals surface area (Å²) < 4.78 is 26.9. The van der Waals surface area contributed by atoms with Crippen molar-refractivity contribution in [2.45, 2.75) is 11.4 Å². The molecule has 0 aliphatic carbocycles. The van der Waals surface area contributed by atoms with Crippen molar-refractivity contribution >= 4 is 16.1 Å². The Balaban J connectivity index is 1.60. The highest BCUT2D eigenvalue weighted by molar-refractivity contribution is 7.89. The van der Waals surface area contributed by atoms with Gasteiger partial charge >= 0.3 is 6.03 Å². The molecule has 2 aromatic rings. The second kappa shape index (κ2) is 8.20. The van der Waals surface area contributed by atoms with E-state index in [1.807, 2.05) is 36.4 Å². The van der Waals surface area contributed by atoms with Crippen molar-refractivity contribution in [2.75, 3.05) is 26.2 Å². The van der Waals surface area contributed by atoms with E-state index >= 15 is 0 Å². The van der Waals surface area contributed by atoms with Crippen LogP contribution in [-0.2, 0) is 16.6 Å². The number of carbonyl (C=O) groups is 1. The van der Waals surface area contributed by atoms with Gasteiger partial charge in [0.1, 0.15) is 6.07 Å². The first kappa shape index (κ1) is 18.9. The molecule has 0 radical (unpaired) electrons. The highest BCUT2D eigenvalue weighted by Gasteiger charge is 2.31. The zero-order chi connectivity index (χ0) is 19.3. The lowest BCUT2D eigenvalue weighted by atomic mass is 10.2. The Morgan fingerprint density at radius 1 is 1.00 bits per heavy atom. The van der Waals surface area contributed by atoms with Crippen molar-refractivity contribution in [3.8, 4) is 6.07 Å². The molecule has 0 bridgehead atoms. The molecular weight excluding hydrogens is 364 g/mol. The Morgan fingerprint density at radius 3 is 2.30 bits per heavy atom. The van der Waals surface area contributed by atoms with E-state index in [0.29, 0.717) is 19.6 Å². The van der Waals surface area contributed by atoms with Crippen molar-refractivity contribution in [3.63, 3.8) is 0 Å². The minimum atomic E-state index is -3.76. The first-order chi connectivity index (χ1) is 13.0. The first-order valence-corrected chi connectivity index (χ1v) is 10.0. The Labute approximate surface area is 158 Å². The SMILES string of the molecule is N#Cc1ccccc1S(=O)(=O)N1CCN(C(=O)NCc2ccccc2)CC1. The lowest BCUT2D eigenvalue weighted by Gasteiger charge is -2.34. The monoisotopic (exact) mass is 384 g/mol. The third-order valence-corrected chi connectivity index (χ3v) is 6.39. The van der Waals surface area contributed by atoms with Gasteiger partial charge in [0.25, 0.3) is 0 Å². The summed E-state index contributed by atoms with van der Waals surface area (Å²) in [4.78, 5) is 13.9. The van der Waals surface area contributed by atoms with Crippen LogP contribution in [0.4, 0.5) is 4.79 Å². The molecule has 1 N–H and O–H groups in total. The summed E-state index contributed by atoms with van der Waals surface area (Å²) in [6.45, 7) is 1.42. The number of piperazine rings is 1. The maximum Gasteiger partial charge on any atom is 0.317 e. The van der Waals surface area contributed by atoms with Gasteiger partial charge in [-0.1, -0.05) is 42.5 Å². The molecular formula is C19H20N4O3S. The third-order valence-electron chi connectivity index (χ3n) is 4.44. The van der Waals surface area contributed by atoms with E-state index in [0.717, 1.165) is 5.56 Å². The summed E-state index contributed by atoms with van der Waals surface area (Å²) in [5, 5.41) is 12.0. The van der Waals surface area contributed by atoms with Crippen LogP contribution in [-0.4, -0.2) is 49.8 Å². The minimum absolute atomic E-state index is 0.00878. The van der Waals surface area contributed by atoms with Crippen LogP contribution in [0.1, 0.15) is 11.1 Å². The summed E-state index contributed by atoms with van der Waals surface area (Å²) in [5.74, 6) is 0. The predicted molar refractivity (Wildman–Crippen MR) is 100 cm³/mol. The molecule has 1 fully saturated rings. The molecule has 140 valence electrons.